The number of benzene rings is 2. The fraction of sp³-hybridized carbons (Fsp3) is 0.417. The average Bonchev–Trinajstić information content (AvgIpc) is 2.78. The van der Waals surface area contributed by atoms with Crippen LogP contribution in [0.15, 0.2) is 46.9 Å². The number of hydrogen-bond donors (Lipinski definition) is 1. The van der Waals surface area contributed by atoms with Gasteiger partial charge in [0.1, 0.15) is 12.6 Å². The number of anilines is 1. The maximum atomic E-state index is 13.6. The minimum absolute atomic E-state index is 0.0203. The first-order valence-corrected chi connectivity index (χ1v) is 14.6. The van der Waals surface area contributed by atoms with Crippen molar-refractivity contribution < 1.29 is 18.0 Å². The van der Waals surface area contributed by atoms with Crippen LogP contribution in [-0.4, -0.2) is 50.5 Å². The van der Waals surface area contributed by atoms with Crippen LogP contribution in [0.5, 0.6) is 0 Å². The Hall–Kier alpha value is -1.81. The normalized spacial score (nSPS) is 12.2. The van der Waals surface area contributed by atoms with Gasteiger partial charge in [0, 0.05) is 27.6 Å². The number of nitrogens with zero attached hydrogens (tertiary/aromatic N) is 2. The Morgan fingerprint density at radius 2 is 1.74 bits per heavy atom. The van der Waals surface area contributed by atoms with E-state index in [1.807, 2.05) is 6.92 Å². The predicted molar refractivity (Wildman–Crippen MR) is 145 cm³/mol. The van der Waals surface area contributed by atoms with Crippen LogP contribution in [0.3, 0.4) is 0 Å². The molecule has 2 rings (SSSR count). The molecule has 0 heterocycles. The van der Waals surface area contributed by atoms with Gasteiger partial charge in [-0.05, 0) is 54.8 Å². The second-order valence-corrected chi connectivity index (χ2v) is 11.7. The molecule has 0 unspecified atom stereocenters. The van der Waals surface area contributed by atoms with E-state index in [2.05, 4.69) is 21.2 Å². The highest BCUT2D eigenvalue weighted by Gasteiger charge is 2.32. The van der Waals surface area contributed by atoms with Crippen LogP contribution < -0.4 is 9.62 Å². The second kappa shape index (κ2) is 13.5. The molecule has 0 aliphatic heterocycles. The number of sulfonamides is 1. The highest BCUT2D eigenvalue weighted by molar-refractivity contribution is 9.10. The van der Waals surface area contributed by atoms with E-state index in [1.54, 1.807) is 49.4 Å². The molecule has 192 valence electrons. The molecular weight excluding hydrogens is 577 g/mol. The van der Waals surface area contributed by atoms with E-state index in [0.29, 0.717) is 34.3 Å². The zero-order chi connectivity index (χ0) is 26.2. The standard InChI is InChI=1S/C24H30BrCl2N3O4S/c1-4-6-13-28-24(32)22(5-2)29(15-17-7-10-19(26)14-21(17)27)23(31)16-30(35(3,33)34)20-11-8-18(25)9-12-20/h7-12,14,22H,4-6,13,15-16H2,1-3H3,(H,28,32)/t22-/m0/s1. The number of rotatable bonds is 12. The van der Waals surface area contributed by atoms with Gasteiger partial charge in [-0.1, -0.05) is 65.5 Å². The maximum absolute atomic E-state index is 13.6. The summed E-state index contributed by atoms with van der Waals surface area (Å²) in [4.78, 5) is 28.0. The third-order valence-electron chi connectivity index (χ3n) is 5.37. The van der Waals surface area contributed by atoms with Crippen molar-refractivity contribution in [2.75, 3.05) is 23.7 Å². The van der Waals surface area contributed by atoms with Gasteiger partial charge in [0.25, 0.3) is 0 Å². The van der Waals surface area contributed by atoms with Gasteiger partial charge < -0.3 is 10.2 Å². The lowest BCUT2D eigenvalue weighted by Gasteiger charge is -2.33. The lowest BCUT2D eigenvalue weighted by Crippen LogP contribution is -2.52. The van der Waals surface area contributed by atoms with Crippen molar-refractivity contribution in [3.63, 3.8) is 0 Å². The summed E-state index contributed by atoms with van der Waals surface area (Å²) in [5.41, 5.74) is 0.938. The number of hydrogen-bond acceptors (Lipinski definition) is 4. The Labute approximate surface area is 225 Å². The van der Waals surface area contributed by atoms with Crippen LogP contribution in [0.2, 0.25) is 10.0 Å². The molecule has 0 aromatic heterocycles. The molecule has 35 heavy (non-hydrogen) atoms. The summed E-state index contributed by atoms with van der Waals surface area (Å²) in [6.07, 6.45) is 3.10. The molecular formula is C24H30BrCl2N3O4S. The van der Waals surface area contributed by atoms with Crippen LogP contribution in [0.4, 0.5) is 5.69 Å². The van der Waals surface area contributed by atoms with Gasteiger partial charge in [-0.25, -0.2) is 8.42 Å². The van der Waals surface area contributed by atoms with Crippen LogP contribution in [-0.2, 0) is 26.2 Å². The lowest BCUT2D eigenvalue weighted by atomic mass is 10.1. The molecule has 0 fully saturated rings. The van der Waals surface area contributed by atoms with Crippen LogP contribution in [0.1, 0.15) is 38.7 Å². The van der Waals surface area contributed by atoms with E-state index in [-0.39, 0.29) is 12.5 Å². The summed E-state index contributed by atoms with van der Waals surface area (Å²) in [5, 5.41) is 3.67. The molecule has 0 spiro atoms. The average molecular weight is 607 g/mol. The molecule has 1 N–H and O–H groups in total. The first-order chi connectivity index (χ1) is 16.5. The Balaban J connectivity index is 2.43. The topological polar surface area (TPSA) is 86.8 Å². The van der Waals surface area contributed by atoms with Gasteiger partial charge in [0.05, 0.1) is 11.9 Å². The van der Waals surface area contributed by atoms with Crippen LogP contribution in [0.25, 0.3) is 0 Å². The molecule has 0 radical (unpaired) electrons. The van der Waals surface area contributed by atoms with Crippen molar-refractivity contribution in [2.24, 2.45) is 0 Å². The highest BCUT2D eigenvalue weighted by Crippen LogP contribution is 2.25. The van der Waals surface area contributed by atoms with E-state index >= 15 is 0 Å². The molecule has 7 nitrogen and oxygen atoms in total. The van der Waals surface area contributed by atoms with Gasteiger partial charge >= 0.3 is 0 Å². The fourth-order valence-electron chi connectivity index (χ4n) is 3.48. The molecule has 2 aromatic carbocycles. The summed E-state index contributed by atoms with van der Waals surface area (Å²) < 4.78 is 27.0. The van der Waals surface area contributed by atoms with Crippen molar-refractivity contribution in [3.8, 4) is 0 Å². The van der Waals surface area contributed by atoms with E-state index in [9.17, 15) is 18.0 Å². The van der Waals surface area contributed by atoms with E-state index < -0.39 is 28.5 Å². The Morgan fingerprint density at radius 1 is 1.09 bits per heavy atom. The predicted octanol–water partition coefficient (Wildman–Crippen LogP) is 5.25. The van der Waals surface area contributed by atoms with Crippen molar-refractivity contribution in [2.45, 2.75) is 45.7 Å². The summed E-state index contributed by atoms with van der Waals surface area (Å²) in [6.45, 7) is 3.86. The van der Waals surface area contributed by atoms with Crippen molar-refractivity contribution in [3.05, 3.63) is 62.5 Å². The molecule has 0 saturated carbocycles. The Morgan fingerprint density at radius 3 is 2.29 bits per heavy atom. The number of halogens is 3. The zero-order valence-corrected chi connectivity index (χ0v) is 23.8. The van der Waals surface area contributed by atoms with Crippen molar-refractivity contribution in [1.82, 2.24) is 10.2 Å². The molecule has 0 aliphatic rings. The maximum Gasteiger partial charge on any atom is 0.244 e. The quantitative estimate of drug-likeness (QED) is 0.335. The number of unbranched alkanes of at least 4 members (excludes halogenated alkanes) is 1. The number of nitrogens with one attached hydrogen (secondary N) is 1. The molecule has 0 aliphatic carbocycles. The molecule has 2 amide bonds. The van der Waals surface area contributed by atoms with Crippen molar-refractivity contribution in [1.29, 1.82) is 0 Å². The van der Waals surface area contributed by atoms with Gasteiger partial charge in [0.15, 0.2) is 0 Å². The molecule has 0 saturated heterocycles. The van der Waals surface area contributed by atoms with Crippen molar-refractivity contribution >= 4 is 66.7 Å². The smallest absolute Gasteiger partial charge is 0.244 e. The zero-order valence-electron chi connectivity index (χ0n) is 19.9. The second-order valence-electron chi connectivity index (χ2n) is 8.07. The summed E-state index contributed by atoms with van der Waals surface area (Å²) in [6, 6.07) is 10.7. The van der Waals surface area contributed by atoms with E-state index in [1.165, 1.54) is 4.90 Å². The summed E-state index contributed by atoms with van der Waals surface area (Å²) >= 11 is 15.7. The summed E-state index contributed by atoms with van der Waals surface area (Å²) in [5.74, 6) is -0.823. The summed E-state index contributed by atoms with van der Waals surface area (Å²) in [7, 11) is -3.79. The van der Waals surface area contributed by atoms with E-state index in [4.69, 9.17) is 23.2 Å². The first-order valence-electron chi connectivity index (χ1n) is 11.2. The van der Waals surface area contributed by atoms with Gasteiger partial charge in [-0.3, -0.25) is 13.9 Å². The number of amides is 2. The fourth-order valence-corrected chi connectivity index (χ4v) is 5.06. The molecule has 0 bridgehead atoms. The number of carbonyl (C=O) groups excluding carboxylic acids is 2. The minimum Gasteiger partial charge on any atom is -0.354 e. The molecule has 11 heteroatoms. The third-order valence-corrected chi connectivity index (χ3v) is 7.62. The minimum atomic E-state index is -3.79. The molecule has 1 atom stereocenters. The van der Waals surface area contributed by atoms with Crippen LogP contribution >= 0.6 is 39.1 Å². The first kappa shape index (κ1) is 29.4. The monoisotopic (exact) mass is 605 g/mol. The van der Waals surface area contributed by atoms with Gasteiger partial charge in [0.2, 0.25) is 21.8 Å². The van der Waals surface area contributed by atoms with Gasteiger partial charge in [-0.2, -0.15) is 0 Å². The Kier molecular flexibility index (Phi) is 11.3. The highest BCUT2D eigenvalue weighted by atomic mass is 79.9. The Bertz CT molecular complexity index is 1130. The van der Waals surface area contributed by atoms with E-state index in [0.717, 1.165) is 27.9 Å². The lowest BCUT2D eigenvalue weighted by molar-refractivity contribution is -0.140. The molecule has 2 aromatic rings. The SMILES string of the molecule is CCCCNC(=O)[C@H](CC)N(Cc1ccc(Cl)cc1Cl)C(=O)CN(c1ccc(Br)cc1)S(C)(=O)=O. The largest absolute Gasteiger partial charge is 0.354 e. The van der Waals surface area contributed by atoms with Gasteiger partial charge in [-0.15, -0.1) is 0 Å². The third kappa shape index (κ3) is 8.66. The van der Waals surface area contributed by atoms with Crippen LogP contribution in [0, 0.1) is 0 Å². The number of carbonyl (C=O) groups is 2.